The summed E-state index contributed by atoms with van der Waals surface area (Å²) >= 11 is 0. The summed E-state index contributed by atoms with van der Waals surface area (Å²) in [6.07, 6.45) is 6.94. The Morgan fingerprint density at radius 2 is 2.14 bits per heavy atom. The topological polar surface area (TPSA) is 100 Å². The van der Waals surface area contributed by atoms with Crippen molar-refractivity contribution in [1.29, 1.82) is 0 Å². The number of methoxy groups -OCH3 is 1. The fraction of sp³-hybridized carbons (Fsp3) is 0.200. The van der Waals surface area contributed by atoms with Crippen LogP contribution in [0, 0.1) is 0 Å². The molecule has 0 aliphatic heterocycles. The molecule has 0 aliphatic carbocycles. The molecule has 0 aromatic carbocycles. The second-order valence-corrected chi connectivity index (χ2v) is 6.38. The van der Waals surface area contributed by atoms with Crippen molar-refractivity contribution >= 4 is 11.6 Å². The van der Waals surface area contributed by atoms with E-state index in [0.717, 1.165) is 5.56 Å². The highest BCUT2D eigenvalue weighted by Crippen LogP contribution is 2.26. The minimum absolute atomic E-state index is 0.195. The second-order valence-electron chi connectivity index (χ2n) is 6.38. The van der Waals surface area contributed by atoms with E-state index in [1.54, 1.807) is 47.2 Å². The molecule has 9 nitrogen and oxygen atoms in total. The van der Waals surface area contributed by atoms with Gasteiger partial charge in [0.05, 0.1) is 36.3 Å². The standard InChI is InChI=1S/C20H20N6O3/c1-25-12-14(11-22-25)17-6-7-18(29-17)20(27)23-16-13-26(9-10-28-2)24-19(16)15-5-3-4-8-21-15/h3-8,11-13H,9-10H2,1-2H3,(H,23,27). The normalized spacial score (nSPS) is 11.0. The van der Waals surface area contributed by atoms with Crippen LogP contribution in [0.25, 0.3) is 22.7 Å². The van der Waals surface area contributed by atoms with Crippen LogP contribution in [-0.2, 0) is 18.3 Å². The lowest BCUT2D eigenvalue weighted by atomic mass is 10.2. The first-order valence-corrected chi connectivity index (χ1v) is 9.02. The first kappa shape index (κ1) is 18.6. The van der Waals surface area contributed by atoms with Gasteiger partial charge in [0.25, 0.3) is 5.91 Å². The van der Waals surface area contributed by atoms with Gasteiger partial charge in [0.15, 0.2) is 5.76 Å². The average Bonchev–Trinajstić information content (AvgIpc) is 3.46. The van der Waals surface area contributed by atoms with Crippen LogP contribution in [0.1, 0.15) is 10.6 Å². The molecule has 4 rings (SSSR count). The quantitative estimate of drug-likeness (QED) is 0.519. The van der Waals surface area contributed by atoms with Gasteiger partial charge in [-0.25, -0.2) is 0 Å². The number of carbonyl (C=O) groups is 1. The molecule has 0 radical (unpaired) electrons. The van der Waals surface area contributed by atoms with E-state index in [1.165, 1.54) is 0 Å². The van der Waals surface area contributed by atoms with Gasteiger partial charge in [-0.3, -0.25) is 19.1 Å². The lowest BCUT2D eigenvalue weighted by Crippen LogP contribution is -2.11. The summed E-state index contributed by atoms with van der Waals surface area (Å²) in [4.78, 5) is 17.1. The predicted molar refractivity (Wildman–Crippen MR) is 106 cm³/mol. The van der Waals surface area contributed by atoms with E-state index in [9.17, 15) is 4.79 Å². The third kappa shape index (κ3) is 4.09. The number of nitrogens with one attached hydrogen (secondary N) is 1. The maximum Gasteiger partial charge on any atom is 0.291 e. The molecule has 0 atom stereocenters. The summed E-state index contributed by atoms with van der Waals surface area (Å²) in [5, 5.41) is 11.5. The number of anilines is 1. The van der Waals surface area contributed by atoms with Crippen molar-refractivity contribution in [1.82, 2.24) is 24.5 Å². The third-order valence-electron chi connectivity index (χ3n) is 4.26. The molecule has 0 saturated heterocycles. The van der Waals surface area contributed by atoms with Crippen LogP contribution in [0.2, 0.25) is 0 Å². The van der Waals surface area contributed by atoms with Crippen LogP contribution < -0.4 is 5.32 Å². The van der Waals surface area contributed by atoms with Gasteiger partial charge in [0.2, 0.25) is 0 Å². The number of hydrogen-bond acceptors (Lipinski definition) is 6. The Bertz CT molecular complexity index is 1110. The SMILES string of the molecule is COCCn1cc(NC(=O)c2ccc(-c3cnn(C)c3)o2)c(-c2ccccn2)n1. The zero-order chi connectivity index (χ0) is 20.2. The van der Waals surface area contributed by atoms with E-state index in [4.69, 9.17) is 9.15 Å². The number of nitrogens with zero attached hydrogens (tertiary/aromatic N) is 5. The molecule has 4 heterocycles. The summed E-state index contributed by atoms with van der Waals surface area (Å²) in [6.45, 7) is 1.06. The summed E-state index contributed by atoms with van der Waals surface area (Å²) in [6, 6.07) is 8.91. The number of furan rings is 1. The van der Waals surface area contributed by atoms with Crippen molar-refractivity contribution in [3.05, 3.63) is 60.9 Å². The number of carbonyl (C=O) groups excluding carboxylic acids is 1. The van der Waals surface area contributed by atoms with Crippen molar-refractivity contribution in [2.45, 2.75) is 6.54 Å². The zero-order valence-electron chi connectivity index (χ0n) is 16.1. The van der Waals surface area contributed by atoms with Crippen molar-refractivity contribution in [3.8, 4) is 22.7 Å². The molecule has 29 heavy (non-hydrogen) atoms. The van der Waals surface area contributed by atoms with Gasteiger partial charge in [-0.1, -0.05) is 6.07 Å². The molecular formula is C20H20N6O3. The summed E-state index contributed by atoms with van der Waals surface area (Å²) in [7, 11) is 3.45. The van der Waals surface area contributed by atoms with Crippen LogP contribution in [0.15, 0.2) is 59.5 Å². The van der Waals surface area contributed by atoms with Gasteiger partial charge in [0.1, 0.15) is 11.5 Å². The Balaban J connectivity index is 1.59. The number of rotatable bonds is 7. The molecule has 0 unspecified atom stereocenters. The highest BCUT2D eigenvalue weighted by atomic mass is 16.5. The highest BCUT2D eigenvalue weighted by Gasteiger charge is 2.18. The Morgan fingerprint density at radius 1 is 1.24 bits per heavy atom. The zero-order valence-corrected chi connectivity index (χ0v) is 16.1. The highest BCUT2D eigenvalue weighted by molar-refractivity contribution is 6.04. The lowest BCUT2D eigenvalue weighted by molar-refractivity contribution is 0.0997. The first-order chi connectivity index (χ1) is 14.1. The molecule has 0 aliphatic rings. The first-order valence-electron chi connectivity index (χ1n) is 9.02. The molecule has 4 aromatic heterocycles. The molecule has 1 N–H and O–H groups in total. The van der Waals surface area contributed by atoms with E-state index in [0.29, 0.717) is 36.0 Å². The van der Waals surface area contributed by atoms with E-state index in [1.807, 2.05) is 31.4 Å². The number of hydrogen-bond donors (Lipinski definition) is 1. The van der Waals surface area contributed by atoms with Crippen LogP contribution in [0.4, 0.5) is 5.69 Å². The third-order valence-corrected chi connectivity index (χ3v) is 4.26. The summed E-state index contributed by atoms with van der Waals surface area (Å²) in [5.74, 6) is 0.396. The largest absolute Gasteiger partial charge is 0.451 e. The number of ether oxygens (including phenoxy) is 1. The maximum absolute atomic E-state index is 12.8. The smallest absolute Gasteiger partial charge is 0.291 e. The van der Waals surface area contributed by atoms with Gasteiger partial charge in [-0.2, -0.15) is 10.2 Å². The van der Waals surface area contributed by atoms with Crippen LogP contribution in [-0.4, -0.2) is 44.2 Å². The molecule has 1 amide bonds. The maximum atomic E-state index is 12.8. The Kier molecular flexibility index (Phi) is 5.21. The second kappa shape index (κ2) is 8.11. The average molecular weight is 392 g/mol. The monoisotopic (exact) mass is 392 g/mol. The summed E-state index contributed by atoms with van der Waals surface area (Å²) < 4.78 is 14.2. The van der Waals surface area contributed by atoms with E-state index in [-0.39, 0.29) is 11.7 Å². The Labute approximate surface area is 166 Å². The van der Waals surface area contributed by atoms with Gasteiger partial charge in [0, 0.05) is 32.7 Å². The van der Waals surface area contributed by atoms with E-state index < -0.39 is 0 Å². The van der Waals surface area contributed by atoms with Gasteiger partial charge < -0.3 is 14.5 Å². The van der Waals surface area contributed by atoms with Crippen LogP contribution in [0.5, 0.6) is 0 Å². The molecule has 148 valence electrons. The van der Waals surface area contributed by atoms with Crippen molar-refractivity contribution in [2.75, 3.05) is 19.0 Å². The number of pyridine rings is 1. The van der Waals surface area contributed by atoms with Crippen molar-refractivity contribution in [3.63, 3.8) is 0 Å². The number of aryl methyl sites for hydroxylation is 1. The van der Waals surface area contributed by atoms with Crippen LogP contribution >= 0.6 is 0 Å². The lowest BCUT2D eigenvalue weighted by Gasteiger charge is -2.03. The molecule has 0 saturated carbocycles. The Morgan fingerprint density at radius 3 is 2.86 bits per heavy atom. The molecular weight excluding hydrogens is 372 g/mol. The molecule has 0 bridgehead atoms. The minimum Gasteiger partial charge on any atom is -0.451 e. The predicted octanol–water partition coefficient (Wildman–Crippen LogP) is 2.84. The molecule has 4 aromatic rings. The van der Waals surface area contributed by atoms with Gasteiger partial charge in [-0.05, 0) is 24.3 Å². The van der Waals surface area contributed by atoms with Crippen molar-refractivity contribution < 1.29 is 13.9 Å². The van der Waals surface area contributed by atoms with Gasteiger partial charge >= 0.3 is 0 Å². The molecule has 9 heteroatoms. The Hall–Kier alpha value is -3.72. The summed E-state index contributed by atoms with van der Waals surface area (Å²) in [5.41, 5.74) is 2.58. The fourth-order valence-electron chi connectivity index (χ4n) is 2.85. The van der Waals surface area contributed by atoms with Crippen molar-refractivity contribution in [2.24, 2.45) is 7.05 Å². The minimum atomic E-state index is -0.372. The van der Waals surface area contributed by atoms with Gasteiger partial charge in [-0.15, -0.1) is 0 Å². The van der Waals surface area contributed by atoms with E-state index in [2.05, 4.69) is 20.5 Å². The number of aromatic nitrogens is 5. The van der Waals surface area contributed by atoms with E-state index >= 15 is 0 Å². The number of amides is 1. The molecule has 0 fully saturated rings. The van der Waals surface area contributed by atoms with Crippen LogP contribution in [0.3, 0.4) is 0 Å². The molecule has 0 spiro atoms. The fourth-order valence-corrected chi connectivity index (χ4v) is 2.85.